The summed E-state index contributed by atoms with van der Waals surface area (Å²) in [6.07, 6.45) is 2.98. The summed E-state index contributed by atoms with van der Waals surface area (Å²) in [7, 11) is 0. The van der Waals surface area contributed by atoms with Crippen molar-refractivity contribution in [3.05, 3.63) is 33.8 Å². The maximum Gasteiger partial charge on any atom is 0.0480 e. The average molecular weight is 304 g/mol. The molecule has 4 heteroatoms. The summed E-state index contributed by atoms with van der Waals surface area (Å²) in [5.41, 5.74) is 1.10. The van der Waals surface area contributed by atoms with Crippen LogP contribution in [0.4, 0.5) is 0 Å². The minimum atomic E-state index is 0.377. The molecule has 0 saturated heterocycles. The third kappa shape index (κ3) is 6.62. The number of hydrogen-bond acceptors (Lipinski definition) is 2. The molecule has 1 aromatic rings. The van der Waals surface area contributed by atoms with Gasteiger partial charge in [0.1, 0.15) is 0 Å². The fourth-order valence-corrected chi connectivity index (χ4v) is 2.35. The van der Waals surface area contributed by atoms with E-state index in [4.69, 9.17) is 27.9 Å². The molecule has 1 unspecified atom stereocenters. The third-order valence-corrected chi connectivity index (χ3v) is 3.58. The van der Waals surface area contributed by atoms with E-state index in [2.05, 4.69) is 12.2 Å². The molecular weight excluding hydrogens is 281 g/mol. The Hall–Kier alpha value is -0.280. The van der Waals surface area contributed by atoms with E-state index < -0.39 is 0 Å². The van der Waals surface area contributed by atoms with Gasteiger partial charge in [-0.3, -0.25) is 0 Å². The average Bonchev–Trinajstić information content (AvgIpc) is 2.40. The molecule has 0 saturated carbocycles. The Morgan fingerprint density at radius 2 is 2.05 bits per heavy atom. The zero-order valence-corrected chi connectivity index (χ0v) is 13.2. The Kier molecular flexibility index (Phi) is 8.47. The van der Waals surface area contributed by atoms with E-state index in [1.807, 2.05) is 25.1 Å². The summed E-state index contributed by atoms with van der Waals surface area (Å²) in [4.78, 5) is 0. The van der Waals surface area contributed by atoms with Gasteiger partial charge in [0.2, 0.25) is 0 Å². The van der Waals surface area contributed by atoms with Crippen molar-refractivity contribution in [3.8, 4) is 0 Å². The predicted molar refractivity (Wildman–Crippen MR) is 83.4 cm³/mol. The van der Waals surface area contributed by atoms with Crippen LogP contribution in [0.5, 0.6) is 0 Å². The van der Waals surface area contributed by atoms with Crippen molar-refractivity contribution in [3.63, 3.8) is 0 Å². The van der Waals surface area contributed by atoms with Crippen molar-refractivity contribution in [1.82, 2.24) is 5.32 Å². The van der Waals surface area contributed by atoms with Gasteiger partial charge in [-0.1, -0.05) is 30.1 Å². The van der Waals surface area contributed by atoms with Gasteiger partial charge in [0.25, 0.3) is 0 Å². The lowest BCUT2D eigenvalue weighted by Crippen LogP contribution is -2.33. The largest absolute Gasteiger partial charge is 0.382 e. The van der Waals surface area contributed by atoms with Crippen LogP contribution in [0.3, 0.4) is 0 Å². The number of ether oxygens (including phenoxy) is 1. The Bertz CT molecular complexity index is 371. The zero-order valence-electron chi connectivity index (χ0n) is 11.7. The fraction of sp³-hybridized carbons (Fsp3) is 0.600. The molecule has 1 rings (SSSR count). The van der Waals surface area contributed by atoms with Crippen LogP contribution in [0.25, 0.3) is 0 Å². The minimum Gasteiger partial charge on any atom is -0.382 e. The molecule has 2 nitrogen and oxygen atoms in total. The molecular formula is C15H23Cl2NO. The lowest BCUT2D eigenvalue weighted by atomic mass is 10.0. The molecule has 0 aliphatic carbocycles. The van der Waals surface area contributed by atoms with E-state index in [1.165, 1.54) is 0 Å². The highest BCUT2D eigenvalue weighted by atomic mass is 35.5. The summed E-state index contributed by atoms with van der Waals surface area (Å²) in [5.74, 6) is 0. The summed E-state index contributed by atoms with van der Waals surface area (Å²) < 4.78 is 5.44. The van der Waals surface area contributed by atoms with Crippen molar-refractivity contribution in [2.75, 3.05) is 19.8 Å². The Morgan fingerprint density at radius 3 is 2.74 bits per heavy atom. The fourth-order valence-electron chi connectivity index (χ4n) is 1.96. The van der Waals surface area contributed by atoms with Crippen LogP contribution in [0.2, 0.25) is 10.0 Å². The molecule has 0 spiro atoms. The van der Waals surface area contributed by atoms with Crippen molar-refractivity contribution in [1.29, 1.82) is 0 Å². The van der Waals surface area contributed by atoms with Gasteiger partial charge in [0.05, 0.1) is 0 Å². The molecule has 0 heterocycles. The highest BCUT2D eigenvalue weighted by Gasteiger charge is 2.11. The van der Waals surface area contributed by atoms with Crippen molar-refractivity contribution in [2.45, 2.75) is 39.2 Å². The topological polar surface area (TPSA) is 21.3 Å². The minimum absolute atomic E-state index is 0.377. The lowest BCUT2D eigenvalue weighted by molar-refractivity contribution is 0.136. The molecule has 1 aromatic carbocycles. The van der Waals surface area contributed by atoms with Gasteiger partial charge in [-0.25, -0.2) is 0 Å². The van der Waals surface area contributed by atoms with Crippen LogP contribution < -0.4 is 5.32 Å². The van der Waals surface area contributed by atoms with Crippen LogP contribution in [0.15, 0.2) is 18.2 Å². The van der Waals surface area contributed by atoms with Crippen LogP contribution in [0, 0.1) is 0 Å². The first kappa shape index (κ1) is 16.8. The Labute approximate surface area is 126 Å². The molecule has 19 heavy (non-hydrogen) atoms. The molecule has 0 aliphatic heterocycles. The van der Waals surface area contributed by atoms with Gasteiger partial charge in [-0.05, 0) is 56.5 Å². The summed E-state index contributed by atoms with van der Waals surface area (Å²) >= 11 is 12.2. The molecule has 1 atom stereocenters. The van der Waals surface area contributed by atoms with E-state index in [-0.39, 0.29) is 0 Å². The third-order valence-electron chi connectivity index (χ3n) is 2.97. The van der Waals surface area contributed by atoms with E-state index in [0.29, 0.717) is 6.04 Å². The molecule has 0 aromatic heterocycles. The number of halogens is 2. The lowest BCUT2D eigenvalue weighted by Gasteiger charge is -2.19. The maximum absolute atomic E-state index is 6.22. The van der Waals surface area contributed by atoms with Gasteiger partial charge in [-0.15, -0.1) is 0 Å². The highest BCUT2D eigenvalue weighted by molar-refractivity contribution is 6.33. The number of rotatable bonds is 9. The smallest absolute Gasteiger partial charge is 0.0480 e. The quantitative estimate of drug-likeness (QED) is 0.686. The summed E-state index contributed by atoms with van der Waals surface area (Å²) in [6, 6.07) is 6.01. The maximum atomic E-state index is 6.22. The second kappa shape index (κ2) is 9.60. The standard InChI is InChI=1S/C15H23Cl2NO/c1-3-8-18-14(7-9-19-4-2)11-12-10-13(16)5-6-15(12)17/h5-6,10,14,18H,3-4,7-9,11H2,1-2H3. The van der Waals surface area contributed by atoms with E-state index >= 15 is 0 Å². The summed E-state index contributed by atoms with van der Waals surface area (Å²) in [5, 5.41) is 5.06. The van der Waals surface area contributed by atoms with Crippen LogP contribution >= 0.6 is 23.2 Å². The van der Waals surface area contributed by atoms with E-state index in [9.17, 15) is 0 Å². The first-order valence-corrected chi connectivity index (χ1v) is 7.68. The number of benzene rings is 1. The second-order valence-electron chi connectivity index (χ2n) is 4.58. The molecule has 0 aliphatic rings. The first-order chi connectivity index (χ1) is 9.17. The molecule has 1 N–H and O–H groups in total. The SMILES string of the molecule is CCCNC(CCOCC)Cc1cc(Cl)ccc1Cl. The van der Waals surface area contributed by atoms with Crippen LogP contribution in [-0.4, -0.2) is 25.8 Å². The van der Waals surface area contributed by atoms with Crippen molar-refractivity contribution < 1.29 is 4.74 Å². The molecule has 0 bridgehead atoms. The highest BCUT2D eigenvalue weighted by Crippen LogP contribution is 2.22. The monoisotopic (exact) mass is 303 g/mol. The zero-order chi connectivity index (χ0) is 14.1. The van der Waals surface area contributed by atoms with Crippen molar-refractivity contribution >= 4 is 23.2 Å². The molecule has 108 valence electrons. The Balaban J connectivity index is 2.61. The van der Waals surface area contributed by atoms with Crippen LogP contribution in [-0.2, 0) is 11.2 Å². The number of hydrogen-bond donors (Lipinski definition) is 1. The van der Waals surface area contributed by atoms with Gasteiger partial charge in [0.15, 0.2) is 0 Å². The van der Waals surface area contributed by atoms with Gasteiger partial charge in [-0.2, -0.15) is 0 Å². The molecule has 0 radical (unpaired) electrons. The van der Waals surface area contributed by atoms with E-state index in [0.717, 1.165) is 54.6 Å². The van der Waals surface area contributed by atoms with E-state index in [1.54, 1.807) is 0 Å². The van der Waals surface area contributed by atoms with Gasteiger partial charge < -0.3 is 10.1 Å². The number of nitrogens with one attached hydrogen (secondary N) is 1. The van der Waals surface area contributed by atoms with Crippen molar-refractivity contribution in [2.24, 2.45) is 0 Å². The van der Waals surface area contributed by atoms with Gasteiger partial charge in [0, 0.05) is 29.3 Å². The normalized spacial score (nSPS) is 12.6. The Morgan fingerprint density at radius 1 is 1.26 bits per heavy atom. The molecule has 0 fully saturated rings. The predicted octanol–water partition coefficient (Wildman–Crippen LogP) is 4.33. The molecule has 0 amide bonds. The van der Waals surface area contributed by atoms with Gasteiger partial charge >= 0.3 is 0 Å². The second-order valence-corrected chi connectivity index (χ2v) is 5.42. The van der Waals surface area contributed by atoms with Crippen LogP contribution in [0.1, 0.15) is 32.3 Å². The summed E-state index contributed by atoms with van der Waals surface area (Å²) in [6.45, 7) is 6.73. The first-order valence-electron chi connectivity index (χ1n) is 6.92.